The number of alkyl halides is 2. The molecule has 0 fully saturated rings. The van der Waals surface area contributed by atoms with Crippen molar-refractivity contribution in [1.29, 1.82) is 0 Å². The number of carbonyl (C=O) groups is 4. The number of benzene rings is 9. The van der Waals surface area contributed by atoms with Crippen LogP contribution >= 0.6 is 23.2 Å². The number of pyridine rings is 4. The van der Waals surface area contributed by atoms with E-state index in [1.165, 1.54) is 34.4 Å². The Hall–Kier alpha value is -10.4. The van der Waals surface area contributed by atoms with Gasteiger partial charge in [-0.15, -0.1) is 23.2 Å². The van der Waals surface area contributed by atoms with E-state index in [0.29, 0.717) is 51.9 Å². The van der Waals surface area contributed by atoms with Crippen LogP contribution in [0.2, 0.25) is 0 Å². The predicted molar refractivity (Wildman–Crippen MR) is 444 cm³/mol. The summed E-state index contributed by atoms with van der Waals surface area (Å²) in [6, 6.07) is 70.2. The van der Waals surface area contributed by atoms with E-state index in [0.717, 1.165) is 93.2 Å². The zero-order valence-electron chi connectivity index (χ0n) is 62.4. The fourth-order valence-corrected chi connectivity index (χ4v) is 12.5. The number of nitrogens with two attached hydrogens (primary N) is 4. The van der Waals surface area contributed by atoms with Gasteiger partial charge < -0.3 is 28.0 Å². The van der Waals surface area contributed by atoms with Crippen molar-refractivity contribution in [2.24, 2.45) is 22.9 Å². The molecule has 13 aromatic rings. The van der Waals surface area contributed by atoms with Gasteiger partial charge in [0.25, 0.3) is 10.1 Å². The minimum Gasteiger partial charge on any atom is -0.397 e. The summed E-state index contributed by atoms with van der Waals surface area (Å²) in [5.74, 6) is -0.357. The first-order chi connectivity index (χ1) is 52.5. The molecule has 4 atom stereocenters. The largest absolute Gasteiger partial charge is 0.397 e. The molecule has 109 heavy (non-hydrogen) atoms. The first-order valence-corrected chi connectivity index (χ1v) is 38.3. The third-order valence-corrected chi connectivity index (χ3v) is 18.9. The highest BCUT2D eigenvalue weighted by atomic mass is 35.5. The maximum atomic E-state index is 12.7. The third-order valence-electron chi connectivity index (χ3n) is 18.1. The minimum absolute atomic E-state index is 0.0666. The number of rotatable bonds is 21. The molecule has 0 amide bonds. The summed E-state index contributed by atoms with van der Waals surface area (Å²) in [5, 5.41) is 16.5. The second-order valence-corrected chi connectivity index (χ2v) is 28.5. The Labute approximate surface area is 649 Å². The number of halogens is 2. The second-order valence-electron chi connectivity index (χ2n) is 26.3. The monoisotopic (exact) mass is 1520 g/mol. The maximum absolute atomic E-state index is 12.7. The molecule has 0 spiro atoms. The number of fused-ring (bicyclic) bond motifs is 4. The average Bonchev–Trinajstić information content (AvgIpc) is 0.838. The smallest absolute Gasteiger partial charge is 0.294 e. The van der Waals surface area contributed by atoms with Crippen LogP contribution in [0.4, 0.5) is 0 Å². The van der Waals surface area contributed by atoms with Crippen molar-refractivity contribution in [3.63, 3.8) is 0 Å². The summed E-state index contributed by atoms with van der Waals surface area (Å²) >= 11 is 9.53. The maximum Gasteiger partial charge on any atom is 0.294 e. The van der Waals surface area contributed by atoms with Gasteiger partial charge in [0.05, 0.1) is 33.9 Å². The molecule has 0 unspecified atom stereocenters. The van der Waals surface area contributed by atoms with Crippen LogP contribution < -0.4 is 22.9 Å². The van der Waals surface area contributed by atoms with Crippen LogP contribution in [0.15, 0.2) is 273 Å². The molecular formula is C90H96Cl2N8O8S. The molecule has 10 N–H and O–H groups in total. The number of ketones is 4. The summed E-state index contributed by atoms with van der Waals surface area (Å²) in [7, 11) is -4.02. The number of aromatic nitrogens is 4. The van der Waals surface area contributed by atoms with Gasteiger partial charge in [0.2, 0.25) is 0 Å². The molecule has 9 aromatic carbocycles. The SMILES string of the molecule is CCO.Cc1ccc(S(=O)(=O)O)cc1.Cc1ccc([C@@H](CN)C(=O)Cc2ccc3cnccc3c2)cc1.Cc1ccc([C@@H](CN)C(=O)Cc2ccc3cnccc3c2)cc1.Cc1ccc([C@@H](CN)C(=O)Cc2ccc3cnccc3c2)cc1.Cc1ccc([C@@H](CN)C(=O)Cc2ccc3cnccc3c2)cc1.ClCCl. The van der Waals surface area contributed by atoms with E-state index in [4.69, 9.17) is 55.8 Å². The van der Waals surface area contributed by atoms with Gasteiger partial charge in [0.15, 0.2) is 0 Å². The van der Waals surface area contributed by atoms with E-state index in [1.54, 1.807) is 43.8 Å². The number of hydrogen-bond donors (Lipinski definition) is 6. The van der Waals surface area contributed by atoms with Crippen molar-refractivity contribution < 1.29 is 37.3 Å². The van der Waals surface area contributed by atoms with Crippen molar-refractivity contribution in [2.75, 3.05) is 38.1 Å². The Kier molecular flexibility index (Phi) is 34.8. The van der Waals surface area contributed by atoms with Crippen LogP contribution in [0, 0.1) is 34.6 Å². The summed E-state index contributed by atoms with van der Waals surface area (Å²) in [6.07, 6.45) is 16.0. The van der Waals surface area contributed by atoms with Gasteiger partial charge in [-0.25, -0.2) is 0 Å². The molecule has 0 aliphatic heterocycles. The van der Waals surface area contributed by atoms with Crippen molar-refractivity contribution >= 4 is 99.5 Å². The lowest BCUT2D eigenvalue weighted by atomic mass is 9.90. The Morgan fingerprint density at radius 1 is 0.339 bits per heavy atom. The van der Waals surface area contributed by atoms with E-state index >= 15 is 0 Å². The highest BCUT2D eigenvalue weighted by Gasteiger charge is 2.23. The van der Waals surface area contributed by atoms with Crippen molar-refractivity contribution in [3.05, 3.63) is 340 Å². The van der Waals surface area contributed by atoms with Crippen molar-refractivity contribution in [3.8, 4) is 0 Å². The molecule has 16 nitrogen and oxygen atoms in total. The molecular weight excluding hydrogens is 1420 g/mol. The minimum atomic E-state index is -4.02. The zero-order valence-corrected chi connectivity index (χ0v) is 64.7. The zero-order chi connectivity index (χ0) is 78.8. The van der Waals surface area contributed by atoms with Gasteiger partial charge >= 0.3 is 0 Å². The molecule has 0 radical (unpaired) electrons. The van der Waals surface area contributed by atoms with Gasteiger partial charge in [-0.1, -0.05) is 210 Å². The number of aliphatic hydroxyl groups is 1. The number of aryl methyl sites for hydroxylation is 5. The Balaban J connectivity index is 0.000000189. The summed E-state index contributed by atoms with van der Waals surface area (Å²) in [6.45, 7) is 13.2. The molecule has 19 heteroatoms. The van der Waals surface area contributed by atoms with Crippen LogP contribution in [0.25, 0.3) is 43.1 Å². The molecule has 4 aromatic heterocycles. The van der Waals surface area contributed by atoms with Gasteiger partial charge in [0, 0.05) is 130 Å². The molecule has 564 valence electrons. The summed E-state index contributed by atoms with van der Waals surface area (Å²) in [5.41, 5.74) is 37.1. The van der Waals surface area contributed by atoms with E-state index < -0.39 is 10.1 Å². The van der Waals surface area contributed by atoms with Crippen LogP contribution in [0.1, 0.15) is 103 Å². The van der Waals surface area contributed by atoms with Gasteiger partial charge in [0.1, 0.15) is 23.1 Å². The van der Waals surface area contributed by atoms with Crippen LogP contribution in [0.3, 0.4) is 0 Å². The van der Waals surface area contributed by atoms with Gasteiger partial charge in [-0.05, 0) is 144 Å². The third kappa shape index (κ3) is 27.0. The molecule has 0 saturated heterocycles. The van der Waals surface area contributed by atoms with Crippen molar-refractivity contribution in [1.82, 2.24) is 19.9 Å². The average molecular weight is 1520 g/mol. The Morgan fingerprint density at radius 3 is 0.716 bits per heavy atom. The van der Waals surface area contributed by atoms with Crippen LogP contribution in [-0.2, 0) is 55.0 Å². The van der Waals surface area contributed by atoms with E-state index in [-0.39, 0.29) is 63.6 Å². The molecule has 0 saturated carbocycles. The lowest BCUT2D eigenvalue weighted by Crippen LogP contribution is -2.23. The summed E-state index contributed by atoms with van der Waals surface area (Å²) < 4.78 is 29.6. The van der Waals surface area contributed by atoms with E-state index in [9.17, 15) is 27.6 Å². The Bertz CT molecular complexity index is 4600. The second kappa shape index (κ2) is 44.2. The first kappa shape index (κ1) is 85.8. The van der Waals surface area contributed by atoms with Crippen LogP contribution in [0.5, 0.6) is 0 Å². The highest BCUT2D eigenvalue weighted by molar-refractivity contribution is 7.85. The standard InChI is InChI=1S/4C20H20N2O.C7H8O3S.C2H6O.CH2Cl2/c4*1-14-2-5-16(6-3-14)19(12-21)20(23)11-15-4-7-18-13-22-9-8-17(18)10-15;1-6-2-4-7(5-3-6)11(8,9)10;1-2-3;2-1-3/h4*2-10,13,19H,11-12,21H2,1H3;2-5H,1H3,(H,8,9,10);3H,2H2,1H3;1H2/t4*19-;;;/m1111.../s1. The molecule has 4 heterocycles. The molecule has 0 aliphatic rings. The Morgan fingerprint density at radius 2 is 0.532 bits per heavy atom. The van der Waals surface area contributed by atoms with E-state index in [1.807, 2.05) is 229 Å². The topological polar surface area (TPSA) is 299 Å². The molecule has 0 aliphatic carbocycles. The van der Waals surface area contributed by atoms with Gasteiger partial charge in [-0.2, -0.15) is 8.42 Å². The number of Topliss-reactive ketones (excluding diaryl/α,β-unsaturated/α-hetero) is 4. The number of hydrogen-bond acceptors (Lipinski definition) is 15. The quantitative estimate of drug-likeness (QED) is 0.0288. The normalized spacial score (nSPS) is 11.8. The fraction of sp³-hybridized carbons (Fsp3) is 0.222. The number of nitrogens with zero attached hydrogens (tertiary/aromatic N) is 4. The predicted octanol–water partition coefficient (Wildman–Crippen LogP) is 16.3. The molecule has 13 rings (SSSR count). The summed E-state index contributed by atoms with van der Waals surface area (Å²) in [4.78, 5) is 67.1. The highest BCUT2D eigenvalue weighted by Crippen LogP contribution is 2.27. The van der Waals surface area contributed by atoms with Crippen molar-refractivity contribution in [2.45, 2.75) is 95.8 Å². The van der Waals surface area contributed by atoms with Gasteiger partial charge in [-0.3, -0.25) is 43.7 Å². The lowest BCUT2D eigenvalue weighted by molar-refractivity contribution is -0.120. The first-order valence-electron chi connectivity index (χ1n) is 35.8. The van der Waals surface area contributed by atoms with E-state index in [2.05, 4.69) is 44.2 Å². The number of aliphatic hydroxyl groups excluding tert-OH is 1. The lowest BCUT2D eigenvalue weighted by Gasteiger charge is -2.14. The number of carbonyl (C=O) groups excluding carboxylic acids is 4. The fourth-order valence-electron chi connectivity index (χ4n) is 12.0. The van der Waals surface area contributed by atoms with Crippen LogP contribution in [-0.4, -0.2) is 99.3 Å². The molecule has 0 bridgehead atoms.